The van der Waals surface area contributed by atoms with E-state index in [1.54, 1.807) is 0 Å². The van der Waals surface area contributed by atoms with E-state index < -0.39 is 7.60 Å². The molecular formula is C4H13O3PSi. The fourth-order valence-electron chi connectivity index (χ4n) is 0.378. The molecule has 0 bridgehead atoms. The van der Waals surface area contributed by atoms with E-state index in [4.69, 9.17) is 4.89 Å². The molecule has 9 heavy (non-hydrogen) atoms. The van der Waals surface area contributed by atoms with E-state index in [9.17, 15) is 4.57 Å². The second kappa shape index (κ2) is 4.23. The summed E-state index contributed by atoms with van der Waals surface area (Å²) in [6.07, 6.45) is 0.907. The van der Waals surface area contributed by atoms with Gasteiger partial charge in [-0.2, -0.15) is 0 Å². The van der Waals surface area contributed by atoms with Crippen LogP contribution in [-0.4, -0.2) is 28.4 Å². The maximum atomic E-state index is 10.4. The van der Waals surface area contributed by atoms with Gasteiger partial charge in [0.2, 0.25) is 0 Å². The molecule has 0 aliphatic rings. The molecule has 1 unspecified atom stereocenters. The third kappa shape index (κ3) is 8.37. The maximum absolute atomic E-state index is 10.4. The topological polar surface area (TPSA) is 46.5 Å². The lowest BCUT2D eigenvalue weighted by molar-refractivity contribution is 0.265. The smallest absolute Gasteiger partial charge is 0.324 e. The van der Waals surface area contributed by atoms with Gasteiger partial charge in [0.25, 0.3) is 0 Å². The second-order valence-electron chi connectivity index (χ2n) is 1.99. The predicted octanol–water partition coefficient (Wildman–Crippen LogP) is -0.00800. The lowest BCUT2D eigenvalue weighted by Crippen LogP contribution is -1.90. The molecule has 56 valence electrons. The summed E-state index contributed by atoms with van der Waals surface area (Å²) in [5.74, 6) is 0. The zero-order valence-electron chi connectivity index (χ0n) is 5.83. The first-order valence-corrected chi connectivity index (χ1v) is 6.45. The Morgan fingerprint density at radius 2 is 2.33 bits per heavy atom. The van der Waals surface area contributed by atoms with Crippen molar-refractivity contribution in [3.05, 3.63) is 0 Å². The highest BCUT2D eigenvalue weighted by Gasteiger charge is 2.07. The molecule has 0 saturated carbocycles. The van der Waals surface area contributed by atoms with Crippen LogP contribution >= 0.6 is 7.60 Å². The first-order valence-electron chi connectivity index (χ1n) is 3.01. The summed E-state index contributed by atoms with van der Waals surface area (Å²) in [6, 6.07) is 1.12. The van der Waals surface area contributed by atoms with Crippen LogP contribution in [0, 0.1) is 0 Å². The Balaban J connectivity index is 3.18. The molecule has 0 aromatic heterocycles. The molecule has 0 spiro atoms. The summed E-state index contributed by atoms with van der Waals surface area (Å²) >= 11 is 0. The van der Waals surface area contributed by atoms with Crippen molar-refractivity contribution in [2.75, 3.05) is 13.3 Å². The highest BCUT2D eigenvalue weighted by Crippen LogP contribution is 2.36. The van der Waals surface area contributed by atoms with Gasteiger partial charge in [-0.3, -0.25) is 4.57 Å². The Morgan fingerprint density at radius 1 is 1.78 bits per heavy atom. The Bertz CT molecular complexity index is 110. The van der Waals surface area contributed by atoms with Crippen molar-refractivity contribution >= 4 is 17.8 Å². The molecule has 0 heterocycles. The van der Waals surface area contributed by atoms with Gasteiger partial charge >= 0.3 is 7.60 Å². The molecule has 0 aromatic rings. The summed E-state index contributed by atoms with van der Waals surface area (Å²) in [7, 11) is -2.04. The van der Waals surface area contributed by atoms with Crippen molar-refractivity contribution in [2.24, 2.45) is 0 Å². The Morgan fingerprint density at radius 3 is 2.67 bits per heavy atom. The van der Waals surface area contributed by atoms with E-state index in [2.05, 4.69) is 4.52 Å². The molecule has 0 amide bonds. The summed E-state index contributed by atoms with van der Waals surface area (Å²) < 4.78 is 15.0. The third-order valence-electron chi connectivity index (χ3n) is 0.829. The van der Waals surface area contributed by atoms with Gasteiger partial charge < -0.3 is 9.42 Å². The standard InChI is InChI=1S/C4H13O3PSi/c1-8(5,6)7-3-2-4-9/h2-4H2,1,9H3,(H,5,6). The van der Waals surface area contributed by atoms with Crippen LogP contribution in [0.5, 0.6) is 0 Å². The van der Waals surface area contributed by atoms with Crippen molar-refractivity contribution in [3.63, 3.8) is 0 Å². The van der Waals surface area contributed by atoms with E-state index in [1.807, 2.05) is 0 Å². The number of hydrogen-bond acceptors (Lipinski definition) is 2. The molecule has 5 heteroatoms. The van der Waals surface area contributed by atoms with E-state index in [1.165, 1.54) is 6.66 Å². The van der Waals surface area contributed by atoms with E-state index >= 15 is 0 Å². The summed E-state index contributed by atoms with van der Waals surface area (Å²) in [6.45, 7) is 1.63. The summed E-state index contributed by atoms with van der Waals surface area (Å²) in [5.41, 5.74) is 0. The molecule has 0 radical (unpaired) electrons. The van der Waals surface area contributed by atoms with Crippen molar-refractivity contribution < 1.29 is 14.0 Å². The fraction of sp³-hybridized carbons (Fsp3) is 1.00. The molecule has 0 aliphatic carbocycles. The molecular weight excluding hydrogens is 155 g/mol. The Kier molecular flexibility index (Phi) is 4.40. The largest absolute Gasteiger partial charge is 0.325 e. The minimum atomic E-state index is -3.18. The minimum Gasteiger partial charge on any atom is -0.324 e. The van der Waals surface area contributed by atoms with Crippen LogP contribution < -0.4 is 0 Å². The van der Waals surface area contributed by atoms with Crippen LogP contribution in [0.3, 0.4) is 0 Å². The number of hydrogen-bond donors (Lipinski definition) is 1. The van der Waals surface area contributed by atoms with Crippen LogP contribution in [0.15, 0.2) is 0 Å². The van der Waals surface area contributed by atoms with Gasteiger partial charge in [0, 0.05) is 16.9 Å². The van der Waals surface area contributed by atoms with Crippen LogP contribution in [0.2, 0.25) is 6.04 Å². The van der Waals surface area contributed by atoms with Gasteiger partial charge in [-0.05, 0) is 6.42 Å². The summed E-state index contributed by atoms with van der Waals surface area (Å²) in [5, 5.41) is 0. The molecule has 0 rings (SSSR count). The fourth-order valence-corrected chi connectivity index (χ4v) is 1.13. The van der Waals surface area contributed by atoms with Crippen LogP contribution in [0.4, 0.5) is 0 Å². The average Bonchev–Trinajstić information content (AvgIpc) is 1.63. The van der Waals surface area contributed by atoms with E-state index in [-0.39, 0.29) is 0 Å². The van der Waals surface area contributed by atoms with Gasteiger partial charge in [0.15, 0.2) is 0 Å². The molecule has 0 aromatic carbocycles. The molecule has 3 nitrogen and oxygen atoms in total. The zero-order chi connectivity index (χ0) is 7.33. The highest BCUT2D eigenvalue weighted by atomic mass is 31.2. The molecule has 1 atom stereocenters. The van der Waals surface area contributed by atoms with Crippen molar-refractivity contribution in [1.29, 1.82) is 0 Å². The quantitative estimate of drug-likeness (QED) is 0.365. The first kappa shape index (κ1) is 9.37. The Labute approximate surface area is 58.4 Å². The third-order valence-corrected chi connectivity index (χ3v) is 2.20. The van der Waals surface area contributed by atoms with Gasteiger partial charge in [-0.1, -0.05) is 6.04 Å². The van der Waals surface area contributed by atoms with Crippen LogP contribution in [0.25, 0.3) is 0 Å². The first-order chi connectivity index (χ1) is 4.06. The average molecular weight is 168 g/mol. The SMILES string of the molecule is CP(=O)(O)OCCC[SiH3]. The summed E-state index contributed by atoms with van der Waals surface area (Å²) in [4.78, 5) is 8.59. The van der Waals surface area contributed by atoms with Crippen molar-refractivity contribution in [2.45, 2.75) is 12.5 Å². The lowest BCUT2D eigenvalue weighted by atomic mass is 10.5. The van der Waals surface area contributed by atoms with Crippen molar-refractivity contribution in [1.82, 2.24) is 0 Å². The van der Waals surface area contributed by atoms with Gasteiger partial charge in [-0.25, -0.2) is 0 Å². The molecule has 0 aliphatic heterocycles. The molecule has 0 saturated heterocycles. The lowest BCUT2D eigenvalue weighted by Gasteiger charge is -2.04. The molecule has 1 N–H and O–H groups in total. The van der Waals surface area contributed by atoms with E-state index in [0.29, 0.717) is 6.61 Å². The van der Waals surface area contributed by atoms with Gasteiger partial charge in [0.1, 0.15) is 0 Å². The monoisotopic (exact) mass is 168 g/mol. The highest BCUT2D eigenvalue weighted by molar-refractivity contribution is 7.51. The second-order valence-corrected chi connectivity index (χ2v) is 4.85. The van der Waals surface area contributed by atoms with Crippen molar-refractivity contribution in [3.8, 4) is 0 Å². The predicted molar refractivity (Wildman–Crippen MR) is 41.1 cm³/mol. The number of rotatable bonds is 4. The maximum Gasteiger partial charge on any atom is 0.325 e. The Hall–Kier alpha value is 0.367. The van der Waals surface area contributed by atoms with Crippen LogP contribution in [-0.2, 0) is 9.09 Å². The van der Waals surface area contributed by atoms with Crippen LogP contribution in [0.1, 0.15) is 6.42 Å². The zero-order valence-corrected chi connectivity index (χ0v) is 8.73. The normalized spacial score (nSPS) is 17.6. The minimum absolute atomic E-state index is 0.424. The molecule has 0 fully saturated rings. The van der Waals surface area contributed by atoms with E-state index in [0.717, 1.165) is 22.7 Å². The van der Waals surface area contributed by atoms with Gasteiger partial charge in [-0.15, -0.1) is 0 Å². The van der Waals surface area contributed by atoms with Gasteiger partial charge in [0.05, 0.1) is 6.61 Å².